The van der Waals surface area contributed by atoms with Crippen LogP contribution < -0.4 is 0 Å². The summed E-state index contributed by atoms with van der Waals surface area (Å²) in [5, 5.41) is 14.2. The minimum Gasteiger partial charge on any atom is -0.292 e. The van der Waals surface area contributed by atoms with Crippen molar-refractivity contribution in [2.75, 3.05) is 0 Å². The number of hydrogen-bond acceptors (Lipinski definition) is 4. The van der Waals surface area contributed by atoms with Crippen molar-refractivity contribution >= 4 is 11.5 Å². The zero-order valence-electron chi connectivity index (χ0n) is 7.35. The van der Waals surface area contributed by atoms with E-state index in [-0.39, 0.29) is 17.2 Å². The number of aryl methyl sites for hydroxylation is 1. The molecule has 0 aliphatic carbocycles. The molecular formula is C7H9N3O3. The van der Waals surface area contributed by atoms with Gasteiger partial charge in [0, 0.05) is 13.5 Å². The first-order valence-electron chi connectivity index (χ1n) is 3.79. The Hall–Kier alpha value is -1.72. The Labute approximate surface area is 74.3 Å². The van der Waals surface area contributed by atoms with Crippen molar-refractivity contribution in [3.8, 4) is 0 Å². The molecule has 0 aliphatic rings. The minimum atomic E-state index is -0.601. The van der Waals surface area contributed by atoms with Gasteiger partial charge >= 0.3 is 5.69 Å². The first kappa shape index (κ1) is 9.37. The van der Waals surface area contributed by atoms with Gasteiger partial charge in [0.05, 0.1) is 4.92 Å². The fourth-order valence-corrected chi connectivity index (χ4v) is 0.957. The molecule has 0 aliphatic heterocycles. The predicted molar refractivity (Wildman–Crippen MR) is 44.6 cm³/mol. The van der Waals surface area contributed by atoms with Crippen molar-refractivity contribution < 1.29 is 9.72 Å². The maximum Gasteiger partial charge on any atom is 0.318 e. The highest BCUT2D eigenvalue weighted by Crippen LogP contribution is 2.16. The molecule has 0 bridgehead atoms. The average Bonchev–Trinajstić information content (AvgIpc) is 2.47. The summed E-state index contributed by atoms with van der Waals surface area (Å²) in [6, 6.07) is 0. The molecule has 0 N–H and O–H groups in total. The number of hydrogen-bond donors (Lipinski definition) is 0. The number of aromatic nitrogens is 2. The van der Waals surface area contributed by atoms with E-state index in [9.17, 15) is 14.9 Å². The van der Waals surface area contributed by atoms with Crippen molar-refractivity contribution in [3.05, 3.63) is 22.0 Å². The number of carbonyl (C=O) groups excluding carboxylic acids is 1. The molecule has 1 aromatic heterocycles. The normalized spacial score (nSPS) is 10.0. The van der Waals surface area contributed by atoms with Gasteiger partial charge in [-0.1, -0.05) is 0 Å². The molecular weight excluding hydrogens is 174 g/mol. The van der Waals surface area contributed by atoms with E-state index in [1.54, 1.807) is 6.92 Å². The molecule has 0 saturated heterocycles. The summed E-state index contributed by atoms with van der Waals surface area (Å²) in [7, 11) is 0. The molecule has 6 heteroatoms. The molecule has 13 heavy (non-hydrogen) atoms. The zero-order valence-corrected chi connectivity index (χ0v) is 7.35. The molecule has 6 nitrogen and oxygen atoms in total. The quantitative estimate of drug-likeness (QED) is 0.398. The third kappa shape index (κ3) is 1.71. The molecule has 0 spiro atoms. The fraction of sp³-hybridized carbons (Fsp3) is 0.429. The summed E-state index contributed by atoms with van der Waals surface area (Å²) in [5.74, 6) is -0.390. The smallest absolute Gasteiger partial charge is 0.292 e. The van der Waals surface area contributed by atoms with Gasteiger partial charge in [-0.3, -0.25) is 19.6 Å². The Balaban J connectivity index is 3.23. The Morgan fingerprint density at radius 1 is 1.77 bits per heavy atom. The monoisotopic (exact) mass is 183 g/mol. The van der Waals surface area contributed by atoms with Gasteiger partial charge in [-0.25, -0.2) is 0 Å². The van der Waals surface area contributed by atoms with Gasteiger partial charge in [0.15, 0.2) is 5.78 Å². The fourth-order valence-electron chi connectivity index (χ4n) is 0.957. The van der Waals surface area contributed by atoms with Crippen LogP contribution in [-0.4, -0.2) is 20.5 Å². The average molecular weight is 183 g/mol. The third-order valence-electron chi connectivity index (χ3n) is 1.60. The van der Waals surface area contributed by atoms with Gasteiger partial charge in [-0.2, -0.15) is 5.10 Å². The van der Waals surface area contributed by atoms with Gasteiger partial charge in [0.2, 0.25) is 5.69 Å². The largest absolute Gasteiger partial charge is 0.318 e. The summed E-state index contributed by atoms with van der Waals surface area (Å²) in [6.45, 7) is 3.56. The maximum atomic E-state index is 10.9. The number of rotatable bonds is 3. The van der Waals surface area contributed by atoms with Gasteiger partial charge in [-0.05, 0) is 6.92 Å². The molecule has 70 valence electrons. The van der Waals surface area contributed by atoms with E-state index >= 15 is 0 Å². The van der Waals surface area contributed by atoms with Crippen LogP contribution in [0.1, 0.15) is 24.3 Å². The lowest BCUT2D eigenvalue weighted by Gasteiger charge is -1.88. The number of nitro groups is 1. The maximum absolute atomic E-state index is 10.9. The predicted octanol–water partition coefficient (Wildman–Crippen LogP) is 1.01. The van der Waals surface area contributed by atoms with Crippen molar-refractivity contribution in [1.29, 1.82) is 0 Å². The van der Waals surface area contributed by atoms with Gasteiger partial charge < -0.3 is 0 Å². The highest BCUT2D eigenvalue weighted by Gasteiger charge is 2.21. The van der Waals surface area contributed by atoms with E-state index in [0.29, 0.717) is 6.54 Å². The van der Waals surface area contributed by atoms with E-state index in [1.807, 2.05) is 0 Å². The third-order valence-corrected chi connectivity index (χ3v) is 1.60. The molecule has 0 unspecified atom stereocenters. The first-order chi connectivity index (χ1) is 6.06. The topological polar surface area (TPSA) is 78.0 Å². The number of nitrogens with zero attached hydrogens (tertiary/aromatic N) is 3. The number of carbonyl (C=O) groups is 1. The summed E-state index contributed by atoms with van der Waals surface area (Å²) in [4.78, 5) is 20.8. The summed E-state index contributed by atoms with van der Waals surface area (Å²) < 4.78 is 1.37. The Morgan fingerprint density at radius 2 is 2.38 bits per heavy atom. The van der Waals surface area contributed by atoms with E-state index in [2.05, 4.69) is 5.10 Å². The van der Waals surface area contributed by atoms with E-state index in [1.165, 1.54) is 17.8 Å². The van der Waals surface area contributed by atoms with E-state index < -0.39 is 4.92 Å². The van der Waals surface area contributed by atoms with Crippen LogP contribution in [-0.2, 0) is 6.54 Å². The highest BCUT2D eigenvalue weighted by atomic mass is 16.6. The van der Waals surface area contributed by atoms with Crippen molar-refractivity contribution in [1.82, 2.24) is 9.78 Å². The first-order valence-corrected chi connectivity index (χ1v) is 3.79. The summed E-state index contributed by atoms with van der Waals surface area (Å²) in [5.41, 5.74) is -0.304. The highest BCUT2D eigenvalue weighted by molar-refractivity contribution is 5.95. The molecule has 1 heterocycles. The van der Waals surface area contributed by atoms with Gasteiger partial charge in [0.1, 0.15) is 6.20 Å². The molecule has 1 rings (SSSR count). The van der Waals surface area contributed by atoms with Crippen LogP contribution in [0.5, 0.6) is 0 Å². The second-order valence-corrected chi connectivity index (χ2v) is 2.53. The van der Waals surface area contributed by atoms with Crippen molar-refractivity contribution in [3.63, 3.8) is 0 Å². The second kappa shape index (κ2) is 3.34. The standard InChI is InChI=1S/C7H9N3O3/c1-3-9-4-6(10(12)13)7(8-9)5(2)11/h4H,3H2,1-2H3. The van der Waals surface area contributed by atoms with E-state index in [4.69, 9.17) is 0 Å². The van der Waals surface area contributed by atoms with Crippen LogP contribution >= 0.6 is 0 Å². The van der Waals surface area contributed by atoms with Crippen molar-refractivity contribution in [2.24, 2.45) is 0 Å². The molecule has 0 amide bonds. The lowest BCUT2D eigenvalue weighted by Crippen LogP contribution is -2.00. The van der Waals surface area contributed by atoms with Crippen LogP contribution in [0.4, 0.5) is 5.69 Å². The van der Waals surface area contributed by atoms with Crippen LogP contribution in [0, 0.1) is 10.1 Å². The minimum absolute atomic E-state index is 0.0770. The molecule has 0 aromatic carbocycles. The molecule has 0 saturated carbocycles. The van der Waals surface area contributed by atoms with Gasteiger partial charge in [0.25, 0.3) is 0 Å². The van der Waals surface area contributed by atoms with Gasteiger partial charge in [-0.15, -0.1) is 0 Å². The summed E-state index contributed by atoms with van der Waals surface area (Å²) in [6.07, 6.45) is 1.26. The molecule has 1 aromatic rings. The van der Waals surface area contributed by atoms with Crippen LogP contribution in [0.2, 0.25) is 0 Å². The Morgan fingerprint density at radius 3 is 2.69 bits per heavy atom. The Kier molecular flexibility index (Phi) is 2.41. The number of ketones is 1. The molecule has 0 radical (unpaired) electrons. The lowest BCUT2D eigenvalue weighted by atomic mass is 10.3. The number of Topliss-reactive ketones (excluding diaryl/α,β-unsaturated/α-hetero) is 1. The van der Waals surface area contributed by atoms with Crippen LogP contribution in [0.3, 0.4) is 0 Å². The lowest BCUT2D eigenvalue weighted by molar-refractivity contribution is -0.385. The zero-order chi connectivity index (χ0) is 10.0. The molecule has 0 atom stereocenters. The SMILES string of the molecule is CCn1cc([N+](=O)[O-])c(C(C)=O)n1. The van der Waals surface area contributed by atoms with Crippen LogP contribution in [0.15, 0.2) is 6.20 Å². The second-order valence-electron chi connectivity index (χ2n) is 2.53. The van der Waals surface area contributed by atoms with Crippen LogP contribution in [0.25, 0.3) is 0 Å². The summed E-state index contributed by atoms with van der Waals surface area (Å²) >= 11 is 0. The molecule has 0 fully saturated rings. The van der Waals surface area contributed by atoms with E-state index in [0.717, 1.165) is 0 Å². The van der Waals surface area contributed by atoms with Crippen molar-refractivity contribution in [2.45, 2.75) is 20.4 Å². The Bertz CT molecular complexity index is 324.